The number of methoxy groups -OCH3 is 1. The summed E-state index contributed by atoms with van der Waals surface area (Å²) >= 11 is 0. The van der Waals surface area contributed by atoms with E-state index in [2.05, 4.69) is 5.32 Å². The molecule has 224 valence electrons. The Morgan fingerprint density at radius 3 is 2.14 bits per heavy atom. The number of ether oxygens (including phenoxy) is 1. The second kappa shape index (κ2) is 14.5. The molecule has 0 bridgehead atoms. The van der Waals surface area contributed by atoms with Crippen molar-refractivity contribution in [2.75, 3.05) is 24.5 Å². The van der Waals surface area contributed by atoms with Crippen molar-refractivity contribution in [3.8, 4) is 5.75 Å². The number of carbonyl (C=O) groups is 2. The first-order chi connectivity index (χ1) is 20.7. The van der Waals surface area contributed by atoms with Gasteiger partial charge < -0.3 is 15.0 Å². The van der Waals surface area contributed by atoms with E-state index < -0.39 is 34.3 Å². The van der Waals surface area contributed by atoms with Gasteiger partial charge in [0.2, 0.25) is 11.8 Å². The van der Waals surface area contributed by atoms with Crippen LogP contribution in [0.5, 0.6) is 5.75 Å². The van der Waals surface area contributed by atoms with E-state index in [1.165, 1.54) is 54.5 Å². The molecule has 0 fully saturated rings. The number of rotatable bonds is 13. The molecule has 10 heteroatoms. The Hall–Kier alpha value is -4.70. The number of likely N-dealkylation sites (N-methyl/N-ethyl adjacent to an activating group) is 1. The molecule has 43 heavy (non-hydrogen) atoms. The Bertz CT molecular complexity index is 1620. The highest BCUT2D eigenvalue weighted by atomic mass is 32.2. The molecule has 0 radical (unpaired) electrons. The van der Waals surface area contributed by atoms with Gasteiger partial charge in [-0.2, -0.15) is 0 Å². The molecule has 1 N–H and O–H groups in total. The van der Waals surface area contributed by atoms with Crippen LogP contribution in [0.2, 0.25) is 0 Å². The maximum Gasteiger partial charge on any atom is 0.264 e. The molecule has 0 saturated heterocycles. The van der Waals surface area contributed by atoms with Crippen LogP contribution in [0.1, 0.15) is 18.1 Å². The average molecular weight is 604 g/mol. The summed E-state index contributed by atoms with van der Waals surface area (Å²) in [4.78, 5) is 29.1. The normalized spacial score (nSPS) is 11.8. The summed E-state index contributed by atoms with van der Waals surface area (Å²) in [6.45, 7) is 1.46. The predicted octanol–water partition coefficient (Wildman–Crippen LogP) is 4.81. The fraction of sp³-hybridized carbons (Fsp3) is 0.212. The molecule has 1 atom stereocenters. The molecule has 4 rings (SSSR count). The van der Waals surface area contributed by atoms with Crippen molar-refractivity contribution in [2.45, 2.75) is 30.8 Å². The number of sulfonamides is 1. The van der Waals surface area contributed by atoms with Gasteiger partial charge in [-0.25, -0.2) is 12.8 Å². The fourth-order valence-corrected chi connectivity index (χ4v) is 6.07. The molecule has 0 aliphatic heterocycles. The standard InChI is InChI=1S/C33H34FN3O5S/c1-3-35-33(39)31(21-25-11-6-4-7-12-25)36(23-26-17-19-27(34)20-18-26)32(38)24-37(28-13-10-14-29(22-28)42-2)43(40,41)30-15-8-5-9-16-30/h4-20,22,31H,3,21,23-24H2,1-2H3,(H,35,39). The van der Waals surface area contributed by atoms with Crippen molar-refractivity contribution >= 4 is 27.5 Å². The molecule has 8 nitrogen and oxygen atoms in total. The van der Waals surface area contributed by atoms with E-state index in [1.54, 1.807) is 43.3 Å². The quantitative estimate of drug-likeness (QED) is 0.237. The number of carbonyl (C=O) groups excluding carboxylic acids is 2. The molecule has 2 amide bonds. The van der Waals surface area contributed by atoms with E-state index in [0.29, 0.717) is 17.9 Å². The van der Waals surface area contributed by atoms with Crippen LogP contribution >= 0.6 is 0 Å². The van der Waals surface area contributed by atoms with Gasteiger partial charge in [-0.15, -0.1) is 0 Å². The van der Waals surface area contributed by atoms with E-state index in [9.17, 15) is 22.4 Å². The largest absolute Gasteiger partial charge is 0.497 e. The van der Waals surface area contributed by atoms with Gasteiger partial charge in [0.25, 0.3) is 10.0 Å². The van der Waals surface area contributed by atoms with E-state index in [1.807, 2.05) is 30.3 Å². The average Bonchev–Trinajstić information content (AvgIpc) is 3.03. The van der Waals surface area contributed by atoms with Crippen molar-refractivity contribution in [2.24, 2.45) is 0 Å². The number of amides is 2. The highest BCUT2D eigenvalue weighted by Crippen LogP contribution is 2.28. The van der Waals surface area contributed by atoms with Crippen molar-refractivity contribution in [3.63, 3.8) is 0 Å². The highest BCUT2D eigenvalue weighted by molar-refractivity contribution is 7.92. The summed E-state index contributed by atoms with van der Waals surface area (Å²) in [6, 6.07) is 28.1. The maximum atomic E-state index is 14.3. The second-order valence-electron chi connectivity index (χ2n) is 9.77. The molecule has 4 aromatic rings. The van der Waals surface area contributed by atoms with Gasteiger partial charge in [-0.3, -0.25) is 13.9 Å². The lowest BCUT2D eigenvalue weighted by Crippen LogP contribution is -2.53. The number of hydrogen-bond acceptors (Lipinski definition) is 5. The fourth-order valence-electron chi connectivity index (χ4n) is 4.65. The summed E-state index contributed by atoms with van der Waals surface area (Å²) in [6.07, 6.45) is 0.185. The van der Waals surface area contributed by atoms with Crippen LogP contribution in [0, 0.1) is 5.82 Å². The first-order valence-corrected chi connectivity index (χ1v) is 15.2. The highest BCUT2D eigenvalue weighted by Gasteiger charge is 2.34. The molecular formula is C33H34FN3O5S. The zero-order chi connectivity index (χ0) is 30.8. The molecule has 0 saturated carbocycles. The number of nitrogens with zero attached hydrogens (tertiary/aromatic N) is 2. The van der Waals surface area contributed by atoms with E-state index >= 15 is 0 Å². The number of hydrogen-bond donors (Lipinski definition) is 1. The van der Waals surface area contributed by atoms with Crippen LogP contribution < -0.4 is 14.4 Å². The van der Waals surface area contributed by atoms with Crippen molar-refractivity contribution in [1.29, 1.82) is 0 Å². The smallest absolute Gasteiger partial charge is 0.264 e. The molecular weight excluding hydrogens is 569 g/mol. The summed E-state index contributed by atoms with van der Waals surface area (Å²) in [5.74, 6) is -1.03. The first kappa shape index (κ1) is 31.2. The Balaban J connectivity index is 1.79. The number of anilines is 1. The van der Waals surface area contributed by atoms with Crippen molar-refractivity contribution in [3.05, 3.63) is 126 Å². The Kier molecular flexibility index (Phi) is 10.5. The van der Waals surface area contributed by atoms with Crippen LogP contribution in [0.3, 0.4) is 0 Å². The molecule has 0 aliphatic carbocycles. The zero-order valence-electron chi connectivity index (χ0n) is 24.0. The third kappa shape index (κ3) is 7.98. The molecule has 0 aliphatic rings. The Morgan fingerprint density at radius 1 is 0.860 bits per heavy atom. The third-order valence-electron chi connectivity index (χ3n) is 6.84. The summed E-state index contributed by atoms with van der Waals surface area (Å²) in [5, 5.41) is 2.81. The lowest BCUT2D eigenvalue weighted by Gasteiger charge is -2.34. The van der Waals surface area contributed by atoms with Crippen LogP contribution in [-0.2, 0) is 32.6 Å². The van der Waals surface area contributed by atoms with Crippen molar-refractivity contribution < 1.29 is 27.1 Å². The number of nitrogens with one attached hydrogen (secondary N) is 1. The van der Waals surface area contributed by atoms with Gasteiger partial charge in [0.15, 0.2) is 0 Å². The maximum absolute atomic E-state index is 14.3. The minimum absolute atomic E-state index is 0.000246. The van der Waals surface area contributed by atoms with Gasteiger partial charge >= 0.3 is 0 Å². The zero-order valence-corrected chi connectivity index (χ0v) is 24.8. The molecule has 0 aromatic heterocycles. The second-order valence-corrected chi connectivity index (χ2v) is 11.6. The summed E-state index contributed by atoms with van der Waals surface area (Å²) < 4.78 is 48.0. The van der Waals surface area contributed by atoms with Crippen molar-refractivity contribution in [1.82, 2.24) is 10.2 Å². The lowest BCUT2D eigenvalue weighted by atomic mass is 10.0. The van der Waals surface area contributed by atoms with E-state index in [0.717, 1.165) is 9.87 Å². The van der Waals surface area contributed by atoms with Gasteiger partial charge in [0.05, 0.1) is 17.7 Å². The Labute approximate surface area is 251 Å². The molecule has 0 heterocycles. The SMILES string of the molecule is CCNC(=O)C(Cc1ccccc1)N(Cc1ccc(F)cc1)C(=O)CN(c1cccc(OC)c1)S(=O)(=O)c1ccccc1. The monoisotopic (exact) mass is 603 g/mol. The Morgan fingerprint density at radius 2 is 1.51 bits per heavy atom. The number of halogens is 1. The summed E-state index contributed by atoms with van der Waals surface area (Å²) in [7, 11) is -2.76. The summed E-state index contributed by atoms with van der Waals surface area (Å²) in [5.41, 5.74) is 1.61. The van der Waals surface area contributed by atoms with Crippen LogP contribution in [0.4, 0.5) is 10.1 Å². The third-order valence-corrected chi connectivity index (χ3v) is 8.63. The van der Waals surface area contributed by atoms with Gasteiger partial charge in [0, 0.05) is 25.6 Å². The van der Waals surface area contributed by atoms with Crippen LogP contribution in [0.25, 0.3) is 0 Å². The van der Waals surface area contributed by atoms with E-state index in [-0.39, 0.29) is 29.5 Å². The van der Waals surface area contributed by atoms with Crippen LogP contribution in [-0.4, -0.2) is 51.4 Å². The van der Waals surface area contributed by atoms with Gasteiger partial charge in [0.1, 0.15) is 24.2 Å². The first-order valence-electron chi connectivity index (χ1n) is 13.8. The molecule has 0 spiro atoms. The molecule has 1 unspecified atom stereocenters. The predicted molar refractivity (Wildman–Crippen MR) is 164 cm³/mol. The van der Waals surface area contributed by atoms with Gasteiger partial charge in [-0.05, 0) is 54.4 Å². The van der Waals surface area contributed by atoms with Crippen LogP contribution in [0.15, 0.2) is 114 Å². The molecule has 4 aromatic carbocycles. The van der Waals surface area contributed by atoms with E-state index in [4.69, 9.17) is 4.74 Å². The lowest BCUT2D eigenvalue weighted by molar-refractivity contribution is -0.140. The topological polar surface area (TPSA) is 96.0 Å². The number of benzene rings is 4. The van der Waals surface area contributed by atoms with Gasteiger partial charge in [-0.1, -0.05) is 66.7 Å². The minimum atomic E-state index is -4.22. The minimum Gasteiger partial charge on any atom is -0.497 e.